The predicted octanol–water partition coefficient (Wildman–Crippen LogP) is 1.84. The zero-order valence-corrected chi connectivity index (χ0v) is 15.6. The van der Waals surface area contributed by atoms with Crippen molar-refractivity contribution in [2.75, 3.05) is 13.2 Å². The van der Waals surface area contributed by atoms with Gasteiger partial charge < -0.3 is 20.1 Å². The summed E-state index contributed by atoms with van der Waals surface area (Å²) in [4.78, 5) is 13.2. The molecule has 7 atom stereocenters. The van der Waals surface area contributed by atoms with Gasteiger partial charge in [-0.3, -0.25) is 4.79 Å². The molecule has 3 aliphatic rings. The summed E-state index contributed by atoms with van der Waals surface area (Å²) in [6.45, 7) is 9.43. The van der Waals surface area contributed by atoms with Crippen molar-refractivity contribution in [2.45, 2.75) is 70.2 Å². The quantitative estimate of drug-likeness (QED) is 0.675. The summed E-state index contributed by atoms with van der Waals surface area (Å²) in [5.74, 6) is -0.184. The van der Waals surface area contributed by atoms with Crippen molar-refractivity contribution in [3.05, 3.63) is 12.7 Å². The summed E-state index contributed by atoms with van der Waals surface area (Å²) < 4.78 is 6.36. The Labute approximate surface area is 150 Å². The number of Topliss-reactive ketones (excluding diaryl/α,β-unsaturated/α-hetero) is 1. The van der Waals surface area contributed by atoms with Crippen LogP contribution in [-0.4, -0.2) is 51.6 Å². The first-order valence-electron chi connectivity index (χ1n) is 9.37. The van der Waals surface area contributed by atoms with Crippen molar-refractivity contribution in [1.29, 1.82) is 0 Å². The van der Waals surface area contributed by atoms with Crippen molar-refractivity contribution in [2.24, 2.45) is 22.7 Å². The van der Waals surface area contributed by atoms with Crippen LogP contribution >= 0.6 is 0 Å². The van der Waals surface area contributed by atoms with Crippen molar-refractivity contribution in [3.63, 3.8) is 0 Å². The lowest BCUT2D eigenvalue weighted by Gasteiger charge is -2.65. The fraction of sp³-hybridized carbons (Fsp3) is 0.850. The molecule has 25 heavy (non-hydrogen) atoms. The molecule has 5 nitrogen and oxygen atoms in total. The maximum absolute atomic E-state index is 13.2. The van der Waals surface area contributed by atoms with Crippen molar-refractivity contribution >= 4 is 5.78 Å². The smallest absolute Gasteiger partial charge is 0.140 e. The Kier molecular flexibility index (Phi) is 4.47. The van der Waals surface area contributed by atoms with Gasteiger partial charge in [0, 0.05) is 17.8 Å². The Bertz CT molecular complexity index is 576. The number of hydrogen-bond acceptors (Lipinski definition) is 5. The van der Waals surface area contributed by atoms with Gasteiger partial charge in [0.15, 0.2) is 0 Å². The van der Waals surface area contributed by atoms with Crippen LogP contribution in [0, 0.1) is 22.7 Å². The molecule has 2 saturated carbocycles. The van der Waals surface area contributed by atoms with Crippen molar-refractivity contribution in [3.8, 4) is 0 Å². The number of carbonyl (C=O) groups is 1. The summed E-state index contributed by atoms with van der Waals surface area (Å²) in [5, 5.41) is 30.4. The third-order valence-electron chi connectivity index (χ3n) is 7.69. The third kappa shape index (κ3) is 2.47. The van der Waals surface area contributed by atoms with Crippen LogP contribution in [0.5, 0.6) is 0 Å². The number of fused-ring (bicyclic) bond motifs is 3. The fourth-order valence-corrected chi connectivity index (χ4v) is 6.41. The van der Waals surface area contributed by atoms with Crippen LogP contribution in [0.25, 0.3) is 0 Å². The standard InChI is InChI=1S/C20H32O5/c1-5-20(12-22)9-6-14-17(2)8-7-15(24)18(3,11-21)16(17)13(23)10-19(14,4)25-20/h5,14-16,21-22,24H,1,6-12H2,2-4H3/t14-,15-,16-,17+,18+,19+,20+/m1/s1. The molecule has 2 aliphatic carbocycles. The van der Waals surface area contributed by atoms with E-state index in [-0.39, 0.29) is 42.7 Å². The van der Waals surface area contributed by atoms with Gasteiger partial charge in [-0.1, -0.05) is 19.9 Å². The van der Waals surface area contributed by atoms with Gasteiger partial charge in [0.1, 0.15) is 11.4 Å². The summed E-state index contributed by atoms with van der Waals surface area (Å²) in [7, 11) is 0. The highest BCUT2D eigenvalue weighted by Crippen LogP contribution is 2.64. The minimum absolute atomic E-state index is 0.0503. The first-order valence-corrected chi connectivity index (χ1v) is 9.37. The van der Waals surface area contributed by atoms with Crippen LogP contribution in [0.4, 0.5) is 0 Å². The van der Waals surface area contributed by atoms with Crippen LogP contribution in [0.15, 0.2) is 12.7 Å². The zero-order valence-electron chi connectivity index (χ0n) is 15.6. The van der Waals surface area contributed by atoms with E-state index in [4.69, 9.17) is 4.74 Å². The molecule has 3 rings (SSSR count). The second-order valence-electron chi connectivity index (χ2n) is 9.23. The molecule has 3 N–H and O–H groups in total. The SMILES string of the molecule is C=C[C@@]1(CO)CC[C@@H]2[C@]3(C)CC[C@@H](O)[C@](C)(CO)[C@@H]3C(=O)C[C@]2(C)O1. The molecule has 1 saturated heterocycles. The fourth-order valence-electron chi connectivity index (χ4n) is 6.41. The van der Waals surface area contributed by atoms with Gasteiger partial charge in [-0.15, -0.1) is 6.58 Å². The molecule has 0 bridgehead atoms. The monoisotopic (exact) mass is 352 g/mol. The molecular formula is C20H32O5. The number of hydrogen-bond donors (Lipinski definition) is 3. The first-order chi connectivity index (χ1) is 11.6. The average Bonchev–Trinajstić information content (AvgIpc) is 2.57. The Morgan fingerprint density at radius 3 is 2.44 bits per heavy atom. The van der Waals surface area contributed by atoms with Gasteiger partial charge in [-0.05, 0) is 43.9 Å². The molecule has 0 amide bonds. The number of aliphatic hydroxyl groups is 3. The Morgan fingerprint density at radius 2 is 1.88 bits per heavy atom. The number of aliphatic hydroxyl groups excluding tert-OH is 3. The van der Waals surface area contributed by atoms with E-state index in [9.17, 15) is 20.1 Å². The van der Waals surface area contributed by atoms with E-state index in [1.807, 2.05) is 13.8 Å². The molecule has 0 aromatic rings. The molecular weight excluding hydrogens is 320 g/mol. The molecule has 0 aromatic heterocycles. The molecule has 142 valence electrons. The summed E-state index contributed by atoms with van der Waals surface area (Å²) in [6, 6.07) is 0. The van der Waals surface area contributed by atoms with Crippen LogP contribution in [0.2, 0.25) is 0 Å². The Balaban J connectivity index is 2.04. The first kappa shape index (κ1) is 19.0. The highest BCUT2D eigenvalue weighted by atomic mass is 16.5. The number of rotatable bonds is 3. The predicted molar refractivity (Wildman–Crippen MR) is 93.9 cm³/mol. The molecule has 0 aromatic carbocycles. The van der Waals surface area contributed by atoms with Crippen LogP contribution in [-0.2, 0) is 9.53 Å². The minimum Gasteiger partial charge on any atom is -0.396 e. The van der Waals surface area contributed by atoms with Gasteiger partial charge >= 0.3 is 0 Å². The lowest BCUT2D eigenvalue weighted by atomic mass is 9.43. The molecule has 0 spiro atoms. The molecule has 3 fully saturated rings. The van der Waals surface area contributed by atoms with E-state index < -0.39 is 22.7 Å². The zero-order chi connectivity index (χ0) is 18.7. The molecule has 0 radical (unpaired) electrons. The van der Waals surface area contributed by atoms with Gasteiger partial charge in [-0.25, -0.2) is 0 Å². The number of ether oxygens (including phenoxy) is 1. The number of carbonyl (C=O) groups excluding carboxylic acids is 1. The second kappa shape index (κ2) is 5.88. The van der Waals surface area contributed by atoms with E-state index in [1.165, 1.54) is 0 Å². The summed E-state index contributed by atoms with van der Waals surface area (Å²) >= 11 is 0. The Morgan fingerprint density at radius 1 is 1.20 bits per heavy atom. The maximum Gasteiger partial charge on any atom is 0.140 e. The Hall–Kier alpha value is -0.750. The topological polar surface area (TPSA) is 87.0 Å². The average molecular weight is 352 g/mol. The van der Waals surface area contributed by atoms with Gasteiger partial charge in [0.25, 0.3) is 0 Å². The van der Waals surface area contributed by atoms with Crippen molar-refractivity contribution < 1.29 is 24.9 Å². The number of ketones is 1. The van der Waals surface area contributed by atoms with E-state index >= 15 is 0 Å². The highest BCUT2D eigenvalue weighted by molar-refractivity contribution is 5.85. The lowest BCUT2D eigenvalue weighted by molar-refractivity contribution is -0.264. The van der Waals surface area contributed by atoms with Crippen LogP contribution in [0.3, 0.4) is 0 Å². The van der Waals surface area contributed by atoms with E-state index in [2.05, 4.69) is 13.5 Å². The van der Waals surface area contributed by atoms with Gasteiger partial charge in [0.2, 0.25) is 0 Å². The van der Waals surface area contributed by atoms with E-state index in [1.54, 1.807) is 6.08 Å². The maximum atomic E-state index is 13.2. The highest BCUT2D eigenvalue weighted by Gasteiger charge is 2.67. The molecule has 1 aliphatic heterocycles. The second-order valence-corrected chi connectivity index (χ2v) is 9.23. The van der Waals surface area contributed by atoms with E-state index in [0.717, 1.165) is 12.8 Å². The van der Waals surface area contributed by atoms with Crippen LogP contribution < -0.4 is 0 Å². The normalized spacial score (nSPS) is 53.0. The summed E-state index contributed by atoms with van der Waals surface area (Å²) in [6.07, 6.45) is 4.06. The minimum atomic E-state index is -0.810. The van der Waals surface area contributed by atoms with Crippen molar-refractivity contribution in [1.82, 2.24) is 0 Å². The summed E-state index contributed by atoms with van der Waals surface area (Å²) in [5.41, 5.74) is -2.59. The largest absolute Gasteiger partial charge is 0.396 e. The van der Waals surface area contributed by atoms with Crippen LogP contribution in [0.1, 0.15) is 52.9 Å². The molecule has 5 heteroatoms. The van der Waals surface area contributed by atoms with Gasteiger partial charge in [0.05, 0.1) is 24.9 Å². The van der Waals surface area contributed by atoms with E-state index in [0.29, 0.717) is 12.8 Å². The molecule has 1 heterocycles. The lowest BCUT2D eigenvalue weighted by Crippen LogP contribution is -2.69. The molecule has 0 unspecified atom stereocenters. The van der Waals surface area contributed by atoms with Gasteiger partial charge in [-0.2, -0.15) is 0 Å². The third-order valence-corrected chi connectivity index (χ3v) is 7.69.